The molecule has 0 bridgehead atoms. The number of hydrogen-bond acceptors (Lipinski definition) is 17. The molecule has 5 heterocycles. The highest BCUT2D eigenvalue weighted by molar-refractivity contribution is 6.25. The number of likely N-dealkylation sites (tertiary alicyclic amines) is 1. The van der Waals surface area contributed by atoms with Crippen LogP contribution < -0.4 is 41.1 Å². The molecular weight excluding hydrogens is 976 g/mol. The Bertz CT molecular complexity index is 2610. The van der Waals surface area contributed by atoms with Crippen molar-refractivity contribution in [1.29, 1.82) is 0 Å². The molecule has 5 aliphatic rings. The molecule has 7 amide bonds. The van der Waals surface area contributed by atoms with Gasteiger partial charge in [0.2, 0.25) is 23.7 Å². The summed E-state index contributed by atoms with van der Waals surface area (Å²) in [4.78, 5) is 103. The van der Waals surface area contributed by atoms with Gasteiger partial charge in [-0.3, -0.25) is 48.7 Å². The summed E-state index contributed by atoms with van der Waals surface area (Å²) in [5.41, 5.74) is 0.748. The van der Waals surface area contributed by atoms with Crippen LogP contribution in [0.15, 0.2) is 36.5 Å². The van der Waals surface area contributed by atoms with Gasteiger partial charge in [0.25, 0.3) is 23.6 Å². The molecule has 8 rings (SSSR count). The number of halogens is 3. The van der Waals surface area contributed by atoms with Crippen LogP contribution in [-0.2, 0) is 33.4 Å². The first-order valence-corrected chi connectivity index (χ1v) is 24.7. The molecule has 1 atom stereocenters. The van der Waals surface area contributed by atoms with E-state index in [1.165, 1.54) is 37.4 Å². The van der Waals surface area contributed by atoms with Gasteiger partial charge in [0.15, 0.2) is 5.82 Å². The van der Waals surface area contributed by atoms with E-state index >= 15 is 13.2 Å². The Hall–Kier alpha value is -6.96. The number of hydrogen-bond donors (Lipinski definition) is 5. The van der Waals surface area contributed by atoms with Crippen LogP contribution in [0.3, 0.4) is 0 Å². The summed E-state index contributed by atoms with van der Waals surface area (Å²) >= 11 is 0. The van der Waals surface area contributed by atoms with Crippen molar-refractivity contribution in [3.63, 3.8) is 0 Å². The molecule has 5 N–H and O–H groups in total. The van der Waals surface area contributed by atoms with Crippen molar-refractivity contribution in [3.8, 4) is 5.75 Å². The summed E-state index contributed by atoms with van der Waals surface area (Å²) < 4.78 is 67.9. The van der Waals surface area contributed by atoms with Crippen molar-refractivity contribution < 1.29 is 65.7 Å². The normalized spacial score (nSPS) is 19.3. The Labute approximate surface area is 424 Å². The maximum Gasteiger partial charge on any atom is 0.342 e. The standard InChI is InChI=1S/C49H60F3N11O11/c1-60-37-26-55-48(59-42(37)62(30-6-3-4-7-30)28-49(51,52)47(60)70)57-35-25-33(50)32(24-38(35)71-2)43(66)56-29-12-16-61(17-13-29)27-40(65)54-15-19-73-21-23-74-22-20-72-18-14-53-34-9-5-8-31-41(34)46(69)63(45(31)68)36-10-11-39(64)58-44(36)67/h5,8-9,24-26,29-30,36,53H,3-4,6-7,10-23,27-28H2,1-2H3,(H,54,65)(H,56,66)(H,55,57,59)(H,58,64,67). The summed E-state index contributed by atoms with van der Waals surface area (Å²) in [6.45, 7) is 2.76. The van der Waals surface area contributed by atoms with E-state index < -0.39 is 59.8 Å². The van der Waals surface area contributed by atoms with Gasteiger partial charge in [-0.25, -0.2) is 9.37 Å². The Morgan fingerprint density at radius 2 is 1.58 bits per heavy atom. The van der Waals surface area contributed by atoms with Gasteiger partial charge in [0.05, 0.1) is 88.4 Å². The van der Waals surface area contributed by atoms with E-state index in [9.17, 15) is 33.6 Å². The van der Waals surface area contributed by atoms with Gasteiger partial charge in [0, 0.05) is 63.5 Å². The highest BCUT2D eigenvalue weighted by Crippen LogP contribution is 2.40. The molecular formula is C49H60F3N11O11. The van der Waals surface area contributed by atoms with Gasteiger partial charge < -0.3 is 50.0 Å². The minimum atomic E-state index is -3.65. The summed E-state index contributed by atoms with van der Waals surface area (Å²) in [6.07, 6.45) is 5.48. The first-order valence-electron chi connectivity index (χ1n) is 24.7. The molecule has 1 aromatic heterocycles. The number of rotatable bonds is 22. The second-order valence-electron chi connectivity index (χ2n) is 18.5. The molecule has 4 aliphatic heterocycles. The zero-order valence-electron chi connectivity index (χ0n) is 41.1. The van der Waals surface area contributed by atoms with E-state index in [0.717, 1.165) is 28.7 Å². The van der Waals surface area contributed by atoms with E-state index in [-0.39, 0.29) is 96.2 Å². The number of benzene rings is 2. The summed E-state index contributed by atoms with van der Waals surface area (Å²) in [5.74, 6) is -8.77. The average Bonchev–Trinajstić information content (AvgIpc) is 4.00. The SMILES string of the molecule is COc1cc(C(=O)NC2CCN(CC(=O)NCCOCCOCCOCCNc3cccc4c3C(=O)N(C3CCC(=O)NC3=O)C4=O)CC2)c(F)cc1Nc1ncc2c(n1)N(C1CCCC1)CC(F)(F)C(=O)N2C. The number of carbonyl (C=O) groups excluding carboxylic acids is 7. The largest absolute Gasteiger partial charge is 0.495 e. The van der Waals surface area contributed by atoms with Crippen LogP contribution in [0.2, 0.25) is 0 Å². The molecule has 22 nitrogen and oxygen atoms in total. The molecule has 1 unspecified atom stereocenters. The minimum Gasteiger partial charge on any atom is -0.495 e. The zero-order valence-corrected chi connectivity index (χ0v) is 41.1. The molecule has 74 heavy (non-hydrogen) atoms. The van der Waals surface area contributed by atoms with Crippen LogP contribution in [0.5, 0.6) is 5.75 Å². The van der Waals surface area contributed by atoms with Crippen LogP contribution in [0, 0.1) is 5.82 Å². The fourth-order valence-corrected chi connectivity index (χ4v) is 9.70. The van der Waals surface area contributed by atoms with Crippen LogP contribution in [0.25, 0.3) is 0 Å². The molecule has 3 aromatic rings. The third kappa shape index (κ3) is 12.3. The maximum atomic E-state index is 15.6. The van der Waals surface area contributed by atoms with E-state index in [1.54, 1.807) is 12.1 Å². The number of piperidine rings is 2. The Morgan fingerprint density at radius 3 is 2.28 bits per heavy atom. The van der Waals surface area contributed by atoms with Gasteiger partial charge in [-0.2, -0.15) is 13.8 Å². The second-order valence-corrected chi connectivity index (χ2v) is 18.5. The summed E-state index contributed by atoms with van der Waals surface area (Å²) in [6, 6.07) is 5.58. The molecule has 0 radical (unpaired) electrons. The lowest BCUT2D eigenvalue weighted by Gasteiger charge is -2.32. The molecule has 1 saturated carbocycles. The quantitative estimate of drug-likeness (QED) is 0.0716. The molecule has 3 fully saturated rings. The van der Waals surface area contributed by atoms with Crippen LogP contribution >= 0.6 is 0 Å². The Morgan fingerprint density at radius 1 is 0.878 bits per heavy atom. The smallest absolute Gasteiger partial charge is 0.342 e. The molecule has 1 aliphatic carbocycles. The number of nitrogens with one attached hydrogen (secondary N) is 5. The number of amides is 7. The highest BCUT2D eigenvalue weighted by Gasteiger charge is 2.49. The topological polar surface area (TPSA) is 255 Å². The molecule has 0 spiro atoms. The third-order valence-electron chi connectivity index (χ3n) is 13.5. The van der Waals surface area contributed by atoms with E-state index in [0.29, 0.717) is 84.0 Å². The second kappa shape index (κ2) is 23.9. The maximum absolute atomic E-state index is 15.6. The van der Waals surface area contributed by atoms with Gasteiger partial charge in [0.1, 0.15) is 23.3 Å². The number of alkyl halides is 2. The third-order valence-corrected chi connectivity index (χ3v) is 13.5. The van der Waals surface area contributed by atoms with Gasteiger partial charge in [-0.05, 0) is 50.3 Å². The predicted molar refractivity (Wildman–Crippen MR) is 260 cm³/mol. The van der Waals surface area contributed by atoms with Gasteiger partial charge in [-0.1, -0.05) is 18.9 Å². The lowest BCUT2D eigenvalue weighted by atomic mass is 10.0. The van der Waals surface area contributed by atoms with Crippen LogP contribution in [0.4, 0.5) is 42.0 Å². The van der Waals surface area contributed by atoms with Crippen molar-refractivity contribution in [3.05, 3.63) is 59.0 Å². The number of aromatic nitrogens is 2. The monoisotopic (exact) mass is 1040 g/mol. The fraction of sp³-hybridized carbons (Fsp3) is 0.531. The molecule has 398 valence electrons. The number of nitrogens with zero attached hydrogens (tertiary/aromatic N) is 6. The number of fused-ring (bicyclic) bond motifs is 2. The number of imide groups is 2. The Kier molecular flexibility index (Phi) is 17.2. The Balaban J connectivity index is 0.682. The highest BCUT2D eigenvalue weighted by atomic mass is 19.3. The number of carbonyl (C=O) groups is 7. The average molecular weight is 1040 g/mol. The minimum absolute atomic E-state index is 0.0357. The van der Waals surface area contributed by atoms with Crippen molar-refractivity contribution in [2.24, 2.45) is 0 Å². The van der Waals surface area contributed by atoms with Crippen LogP contribution in [0.1, 0.15) is 82.4 Å². The number of ether oxygens (including phenoxy) is 4. The number of anilines is 5. The first-order chi connectivity index (χ1) is 35.6. The van der Waals surface area contributed by atoms with Crippen molar-refractivity contribution >= 4 is 70.2 Å². The molecule has 2 saturated heterocycles. The summed E-state index contributed by atoms with van der Waals surface area (Å²) in [5, 5.41) is 13.9. The van der Waals surface area contributed by atoms with Crippen molar-refractivity contribution in [2.45, 2.75) is 75.4 Å². The van der Waals surface area contributed by atoms with E-state index in [1.807, 2.05) is 4.90 Å². The van der Waals surface area contributed by atoms with E-state index in [2.05, 4.69) is 36.6 Å². The lowest BCUT2D eigenvalue weighted by molar-refractivity contribution is -0.140. The van der Waals surface area contributed by atoms with Crippen molar-refractivity contribution in [2.75, 3.05) is 114 Å². The van der Waals surface area contributed by atoms with Gasteiger partial charge in [-0.15, -0.1) is 0 Å². The van der Waals surface area contributed by atoms with Gasteiger partial charge >= 0.3 is 5.92 Å². The van der Waals surface area contributed by atoms with E-state index in [4.69, 9.17) is 18.9 Å². The van der Waals surface area contributed by atoms with Crippen molar-refractivity contribution in [1.82, 2.24) is 35.7 Å². The predicted octanol–water partition coefficient (Wildman–Crippen LogP) is 2.60. The molecule has 2 aromatic carbocycles. The lowest BCUT2D eigenvalue weighted by Crippen LogP contribution is -2.54. The fourth-order valence-electron chi connectivity index (χ4n) is 9.70. The summed E-state index contributed by atoms with van der Waals surface area (Å²) in [7, 11) is 2.60. The van der Waals surface area contributed by atoms with Crippen LogP contribution in [-0.4, -0.2) is 178 Å². The first kappa shape index (κ1) is 53.3. The zero-order chi connectivity index (χ0) is 52.5. The number of methoxy groups -OCH3 is 1. The molecule has 25 heteroatoms.